The summed E-state index contributed by atoms with van der Waals surface area (Å²) in [7, 11) is 2.94. The zero-order valence-corrected chi connectivity index (χ0v) is 14.6. The number of methoxy groups -OCH3 is 2. The van der Waals surface area contributed by atoms with Gasteiger partial charge < -0.3 is 14.8 Å². The van der Waals surface area contributed by atoms with Crippen molar-refractivity contribution in [2.24, 2.45) is 0 Å². The molecule has 0 atom stereocenters. The van der Waals surface area contributed by atoms with Gasteiger partial charge in [0.15, 0.2) is 0 Å². The van der Waals surface area contributed by atoms with Crippen LogP contribution < -0.4 is 14.8 Å². The maximum absolute atomic E-state index is 12.8. The Labute approximate surface area is 153 Å². The highest BCUT2D eigenvalue weighted by Gasteiger charge is 2.30. The molecular weight excluding hydrogens is 371 g/mol. The van der Waals surface area contributed by atoms with E-state index in [1.165, 1.54) is 20.3 Å². The molecule has 0 aromatic heterocycles. The molecule has 8 heteroatoms. The molecule has 0 heterocycles. The number of hydrogen-bond donors (Lipinski definition) is 1. The van der Waals surface area contributed by atoms with Crippen LogP contribution in [-0.4, -0.2) is 20.1 Å². The summed E-state index contributed by atoms with van der Waals surface area (Å²) in [5.41, 5.74) is -0.356. The Bertz CT molecular complexity index is 813. The maximum atomic E-state index is 12.8. The van der Waals surface area contributed by atoms with E-state index in [0.717, 1.165) is 24.3 Å². The van der Waals surface area contributed by atoms with Gasteiger partial charge in [0.2, 0.25) is 5.91 Å². The lowest BCUT2D eigenvalue weighted by molar-refractivity contribution is -0.137. The van der Waals surface area contributed by atoms with Gasteiger partial charge in [-0.15, -0.1) is 0 Å². The fourth-order valence-electron chi connectivity index (χ4n) is 2.08. The van der Waals surface area contributed by atoms with Crippen molar-refractivity contribution in [3.63, 3.8) is 0 Å². The number of alkyl halides is 3. The first-order chi connectivity index (χ1) is 12.2. The van der Waals surface area contributed by atoms with Crippen LogP contribution in [-0.2, 0) is 11.0 Å². The van der Waals surface area contributed by atoms with E-state index in [9.17, 15) is 18.0 Å². The van der Waals surface area contributed by atoms with Crippen molar-refractivity contribution in [2.75, 3.05) is 19.5 Å². The van der Waals surface area contributed by atoms with E-state index in [2.05, 4.69) is 5.32 Å². The van der Waals surface area contributed by atoms with Gasteiger partial charge in [0.25, 0.3) is 0 Å². The van der Waals surface area contributed by atoms with E-state index < -0.39 is 17.6 Å². The van der Waals surface area contributed by atoms with Crippen molar-refractivity contribution in [3.05, 3.63) is 58.6 Å². The molecule has 2 rings (SSSR count). The van der Waals surface area contributed by atoms with Gasteiger partial charge in [-0.05, 0) is 29.8 Å². The Kier molecular flexibility index (Phi) is 6.15. The van der Waals surface area contributed by atoms with Crippen LogP contribution in [0.5, 0.6) is 11.5 Å². The molecule has 2 aromatic rings. The molecule has 0 radical (unpaired) electrons. The van der Waals surface area contributed by atoms with E-state index in [1.54, 1.807) is 18.2 Å². The number of benzene rings is 2. The number of anilines is 1. The summed E-state index contributed by atoms with van der Waals surface area (Å²) in [6, 6.07) is 7.67. The van der Waals surface area contributed by atoms with Crippen LogP contribution in [0.4, 0.5) is 18.9 Å². The molecule has 0 aliphatic rings. The number of rotatable bonds is 5. The zero-order valence-electron chi connectivity index (χ0n) is 13.9. The topological polar surface area (TPSA) is 47.6 Å². The lowest BCUT2D eigenvalue weighted by Crippen LogP contribution is -2.08. The molecule has 0 fully saturated rings. The van der Waals surface area contributed by atoms with Crippen molar-refractivity contribution in [2.45, 2.75) is 6.18 Å². The average Bonchev–Trinajstić information content (AvgIpc) is 2.59. The molecule has 1 N–H and O–H groups in total. The van der Waals surface area contributed by atoms with Crippen molar-refractivity contribution in [1.82, 2.24) is 0 Å². The number of carbonyl (C=O) groups is 1. The van der Waals surface area contributed by atoms with Crippen molar-refractivity contribution in [1.29, 1.82) is 0 Å². The van der Waals surface area contributed by atoms with Crippen LogP contribution in [0.15, 0.2) is 42.5 Å². The third-order valence-electron chi connectivity index (χ3n) is 3.36. The second-order valence-corrected chi connectivity index (χ2v) is 5.57. The van der Waals surface area contributed by atoms with Crippen molar-refractivity contribution >= 4 is 29.3 Å². The highest BCUT2D eigenvalue weighted by atomic mass is 35.5. The van der Waals surface area contributed by atoms with E-state index >= 15 is 0 Å². The van der Waals surface area contributed by atoms with Crippen LogP contribution in [0.2, 0.25) is 5.02 Å². The number of nitrogens with one attached hydrogen (secondary N) is 1. The number of halogens is 4. The minimum atomic E-state index is -4.49. The van der Waals surface area contributed by atoms with E-state index in [4.69, 9.17) is 21.1 Å². The van der Waals surface area contributed by atoms with Gasteiger partial charge in [-0.2, -0.15) is 13.2 Å². The van der Waals surface area contributed by atoms with Gasteiger partial charge in [0.05, 0.1) is 19.8 Å². The summed E-state index contributed by atoms with van der Waals surface area (Å²) >= 11 is 5.89. The van der Waals surface area contributed by atoms with Crippen molar-refractivity contribution in [3.8, 4) is 11.5 Å². The molecule has 138 valence electrons. The predicted octanol–water partition coefficient (Wildman–Crippen LogP) is 5.03. The molecule has 0 spiro atoms. The largest absolute Gasteiger partial charge is 0.497 e. The summed E-state index contributed by atoms with van der Waals surface area (Å²) in [6.07, 6.45) is -2.19. The molecule has 4 nitrogen and oxygen atoms in total. The van der Waals surface area contributed by atoms with Gasteiger partial charge >= 0.3 is 6.18 Å². The summed E-state index contributed by atoms with van der Waals surface area (Å²) in [6.45, 7) is 0. The van der Waals surface area contributed by atoms with Gasteiger partial charge in [0, 0.05) is 35.0 Å². The molecular formula is C18H15ClF3NO3. The smallest absolute Gasteiger partial charge is 0.416 e. The van der Waals surface area contributed by atoms with Crippen LogP contribution in [0.3, 0.4) is 0 Å². The quantitative estimate of drug-likeness (QED) is 0.734. The molecule has 0 saturated carbocycles. The van der Waals surface area contributed by atoms with Crippen LogP contribution >= 0.6 is 11.6 Å². The van der Waals surface area contributed by atoms with E-state index in [-0.39, 0.29) is 10.6 Å². The summed E-state index contributed by atoms with van der Waals surface area (Å²) < 4.78 is 48.5. The molecule has 0 bridgehead atoms. The monoisotopic (exact) mass is 385 g/mol. The first-order valence-electron chi connectivity index (χ1n) is 7.32. The maximum Gasteiger partial charge on any atom is 0.416 e. The Morgan fingerprint density at radius 3 is 2.23 bits per heavy atom. The number of hydrogen-bond acceptors (Lipinski definition) is 3. The molecule has 0 unspecified atom stereocenters. The highest BCUT2D eigenvalue weighted by Crippen LogP contribution is 2.32. The Morgan fingerprint density at radius 2 is 1.69 bits per heavy atom. The zero-order chi connectivity index (χ0) is 19.3. The predicted molar refractivity (Wildman–Crippen MR) is 93.7 cm³/mol. The second kappa shape index (κ2) is 8.14. The SMILES string of the molecule is COc1cc(NC(=O)/C=C/c2cc(C(F)(F)F)ccc2Cl)cc(OC)c1. The van der Waals surface area contributed by atoms with Crippen LogP contribution in [0.1, 0.15) is 11.1 Å². The standard InChI is InChI=1S/C18H15ClF3NO3/c1-25-14-8-13(9-15(10-14)26-2)23-17(24)6-3-11-7-12(18(20,21)22)4-5-16(11)19/h3-10H,1-2H3,(H,23,24)/b6-3+. The second-order valence-electron chi connectivity index (χ2n) is 5.16. The molecule has 0 aliphatic heterocycles. The number of amides is 1. The van der Waals surface area contributed by atoms with Gasteiger partial charge in [0.1, 0.15) is 11.5 Å². The summed E-state index contributed by atoms with van der Waals surface area (Å²) in [5, 5.41) is 2.68. The normalized spacial score (nSPS) is 11.5. The highest BCUT2D eigenvalue weighted by molar-refractivity contribution is 6.32. The third kappa shape index (κ3) is 5.16. The Hall–Kier alpha value is -2.67. The molecule has 2 aromatic carbocycles. The molecule has 26 heavy (non-hydrogen) atoms. The average molecular weight is 386 g/mol. The Morgan fingerprint density at radius 1 is 1.08 bits per heavy atom. The number of ether oxygens (including phenoxy) is 2. The fraction of sp³-hybridized carbons (Fsp3) is 0.167. The minimum Gasteiger partial charge on any atom is -0.497 e. The van der Waals surface area contributed by atoms with Crippen molar-refractivity contribution < 1.29 is 27.4 Å². The Balaban J connectivity index is 2.18. The number of carbonyl (C=O) groups excluding carboxylic acids is 1. The van der Waals surface area contributed by atoms with Crippen LogP contribution in [0, 0.1) is 0 Å². The lowest BCUT2D eigenvalue weighted by Gasteiger charge is -2.09. The third-order valence-corrected chi connectivity index (χ3v) is 3.70. The molecule has 0 saturated heterocycles. The van der Waals surface area contributed by atoms with Gasteiger partial charge in [-0.3, -0.25) is 4.79 Å². The fourth-order valence-corrected chi connectivity index (χ4v) is 2.26. The molecule has 1 amide bonds. The minimum absolute atomic E-state index is 0.0832. The lowest BCUT2D eigenvalue weighted by atomic mass is 10.1. The van der Waals surface area contributed by atoms with E-state index in [0.29, 0.717) is 17.2 Å². The van der Waals surface area contributed by atoms with E-state index in [1.807, 2.05) is 0 Å². The van der Waals surface area contributed by atoms with Gasteiger partial charge in [-0.1, -0.05) is 11.6 Å². The molecule has 0 aliphatic carbocycles. The first-order valence-corrected chi connectivity index (χ1v) is 7.69. The van der Waals surface area contributed by atoms with Crippen LogP contribution in [0.25, 0.3) is 6.08 Å². The summed E-state index contributed by atoms with van der Waals surface area (Å²) in [4.78, 5) is 12.0. The van der Waals surface area contributed by atoms with Gasteiger partial charge in [-0.25, -0.2) is 0 Å². The first kappa shape index (κ1) is 19.7. The summed E-state index contributed by atoms with van der Waals surface area (Å²) in [5.74, 6) is 0.405.